The summed E-state index contributed by atoms with van der Waals surface area (Å²) in [4.78, 5) is 14.4. The van der Waals surface area contributed by atoms with E-state index in [9.17, 15) is 13.2 Å². The van der Waals surface area contributed by atoms with Crippen molar-refractivity contribution in [3.05, 3.63) is 28.2 Å². The standard InChI is InChI=1S/C18H28N4O3S/c23-18-5-4-17(16-2-3-16)19-22(18)14-15-6-9-20(10-7-15)11-12-21-8-1-13-26(21,24)25/h4-5,15-16H,1-3,6-14H2. The van der Waals surface area contributed by atoms with Crippen molar-refractivity contribution in [2.24, 2.45) is 5.92 Å². The van der Waals surface area contributed by atoms with Crippen molar-refractivity contribution >= 4 is 10.0 Å². The second-order valence-corrected chi connectivity index (χ2v) is 9.99. The van der Waals surface area contributed by atoms with Crippen molar-refractivity contribution in [2.45, 2.75) is 44.6 Å². The highest BCUT2D eigenvalue weighted by Crippen LogP contribution is 2.38. The van der Waals surface area contributed by atoms with Gasteiger partial charge < -0.3 is 4.90 Å². The molecular weight excluding hydrogens is 352 g/mol. The summed E-state index contributed by atoms with van der Waals surface area (Å²) >= 11 is 0. The topological polar surface area (TPSA) is 75.5 Å². The molecule has 0 radical (unpaired) electrons. The van der Waals surface area contributed by atoms with Crippen molar-refractivity contribution in [2.75, 3.05) is 38.5 Å². The molecule has 0 unspecified atom stereocenters. The van der Waals surface area contributed by atoms with Crippen LogP contribution in [0.4, 0.5) is 0 Å². The Labute approximate surface area is 155 Å². The number of nitrogens with zero attached hydrogens (tertiary/aromatic N) is 4. The van der Waals surface area contributed by atoms with Gasteiger partial charge in [-0.1, -0.05) is 0 Å². The molecule has 3 fully saturated rings. The first-order valence-electron chi connectivity index (χ1n) is 9.79. The fourth-order valence-corrected chi connectivity index (χ4v) is 5.54. The minimum absolute atomic E-state index is 0.00364. The SMILES string of the molecule is O=c1ccc(C2CC2)nn1CC1CCN(CCN2CCCS2(=O)=O)CC1. The van der Waals surface area contributed by atoms with Gasteiger partial charge in [0.2, 0.25) is 10.0 Å². The van der Waals surface area contributed by atoms with Gasteiger partial charge in [-0.15, -0.1) is 0 Å². The van der Waals surface area contributed by atoms with E-state index >= 15 is 0 Å². The molecule has 0 atom stereocenters. The summed E-state index contributed by atoms with van der Waals surface area (Å²) in [7, 11) is -2.99. The molecular formula is C18H28N4O3S. The molecule has 0 aromatic carbocycles. The Morgan fingerprint density at radius 3 is 2.46 bits per heavy atom. The first kappa shape index (κ1) is 18.1. The molecule has 2 saturated heterocycles. The number of likely N-dealkylation sites (tertiary alicyclic amines) is 1. The molecule has 2 aliphatic heterocycles. The number of hydrogen-bond acceptors (Lipinski definition) is 5. The van der Waals surface area contributed by atoms with E-state index in [2.05, 4.69) is 10.00 Å². The molecule has 1 aromatic heterocycles. The first-order chi connectivity index (χ1) is 12.5. The van der Waals surface area contributed by atoms with Gasteiger partial charge in [0, 0.05) is 38.2 Å². The molecule has 144 valence electrons. The van der Waals surface area contributed by atoms with Crippen molar-refractivity contribution in [1.29, 1.82) is 0 Å². The predicted molar refractivity (Wildman–Crippen MR) is 99.6 cm³/mol. The zero-order valence-electron chi connectivity index (χ0n) is 15.2. The van der Waals surface area contributed by atoms with E-state index in [1.165, 1.54) is 12.8 Å². The lowest BCUT2D eigenvalue weighted by atomic mass is 9.97. The van der Waals surface area contributed by atoms with E-state index in [1.54, 1.807) is 15.1 Å². The largest absolute Gasteiger partial charge is 0.302 e. The Kier molecular flexibility index (Phi) is 5.16. The highest BCUT2D eigenvalue weighted by atomic mass is 32.2. The number of aromatic nitrogens is 2. The molecule has 26 heavy (non-hydrogen) atoms. The monoisotopic (exact) mass is 380 g/mol. The predicted octanol–water partition coefficient (Wildman–Crippen LogP) is 0.868. The highest BCUT2D eigenvalue weighted by molar-refractivity contribution is 7.89. The van der Waals surface area contributed by atoms with Gasteiger partial charge in [-0.3, -0.25) is 4.79 Å². The van der Waals surface area contributed by atoms with Crippen LogP contribution >= 0.6 is 0 Å². The number of piperidine rings is 1. The summed E-state index contributed by atoms with van der Waals surface area (Å²) in [6.45, 7) is 4.72. The average molecular weight is 381 g/mol. The van der Waals surface area contributed by atoms with Crippen LogP contribution in [-0.2, 0) is 16.6 Å². The van der Waals surface area contributed by atoms with Gasteiger partial charge in [-0.05, 0) is 57.2 Å². The zero-order valence-corrected chi connectivity index (χ0v) is 16.0. The van der Waals surface area contributed by atoms with Crippen molar-refractivity contribution in [3.63, 3.8) is 0 Å². The molecule has 4 rings (SSSR count). The minimum atomic E-state index is -2.99. The van der Waals surface area contributed by atoms with Crippen molar-refractivity contribution in [3.8, 4) is 0 Å². The number of hydrogen-bond donors (Lipinski definition) is 0. The summed E-state index contributed by atoms with van der Waals surface area (Å²) < 4.78 is 27.0. The molecule has 3 heterocycles. The summed E-state index contributed by atoms with van der Waals surface area (Å²) in [6.07, 6.45) is 5.21. The third kappa shape index (κ3) is 4.18. The molecule has 1 aromatic rings. The van der Waals surface area contributed by atoms with Crippen LogP contribution in [0.3, 0.4) is 0 Å². The third-order valence-electron chi connectivity index (χ3n) is 5.89. The van der Waals surface area contributed by atoms with Crippen LogP contribution < -0.4 is 5.56 Å². The summed E-state index contributed by atoms with van der Waals surface area (Å²) in [5, 5.41) is 4.57. The quantitative estimate of drug-likeness (QED) is 0.732. The molecule has 7 nitrogen and oxygen atoms in total. The summed E-state index contributed by atoms with van der Waals surface area (Å²) in [5.41, 5.74) is 1.06. The second-order valence-electron chi connectivity index (χ2n) is 7.91. The Bertz CT molecular complexity index is 795. The van der Waals surface area contributed by atoms with Crippen LogP contribution in [0.5, 0.6) is 0 Å². The van der Waals surface area contributed by atoms with E-state index in [0.29, 0.717) is 37.2 Å². The fraction of sp³-hybridized carbons (Fsp3) is 0.778. The first-order valence-corrected chi connectivity index (χ1v) is 11.4. The van der Waals surface area contributed by atoms with Crippen molar-refractivity contribution in [1.82, 2.24) is 19.0 Å². The number of sulfonamides is 1. The lowest BCUT2D eigenvalue weighted by molar-refractivity contribution is 0.163. The van der Waals surface area contributed by atoms with E-state index < -0.39 is 10.0 Å². The van der Waals surface area contributed by atoms with Crippen LogP contribution in [0, 0.1) is 5.92 Å². The van der Waals surface area contributed by atoms with Crippen LogP contribution in [-0.4, -0.2) is 65.9 Å². The molecule has 8 heteroatoms. The smallest absolute Gasteiger partial charge is 0.266 e. The van der Waals surface area contributed by atoms with Gasteiger partial charge in [-0.25, -0.2) is 17.4 Å². The van der Waals surface area contributed by atoms with Gasteiger partial charge in [-0.2, -0.15) is 5.10 Å². The molecule has 0 bridgehead atoms. The summed E-state index contributed by atoms with van der Waals surface area (Å²) in [5.74, 6) is 1.34. The van der Waals surface area contributed by atoms with E-state index in [0.717, 1.165) is 44.6 Å². The molecule has 1 saturated carbocycles. The highest BCUT2D eigenvalue weighted by Gasteiger charge is 2.29. The molecule has 3 aliphatic rings. The maximum absolute atomic E-state index is 12.1. The maximum atomic E-state index is 12.1. The second kappa shape index (κ2) is 7.40. The maximum Gasteiger partial charge on any atom is 0.266 e. The van der Waals surface area contributed by atoms with Crippen LogP contribution in [0.1, 0.15) is 43.7 Å². The molecule has 0 N–H and O–H groups in total. The third-order valence-corrected chi connectivity index (χ3v) is 7.85. The Morgan fingerprint density at radius 1 is 1.04 bits per heavy atom. The van der Waals surface area contributed by atoms with Gasteiger partial charge in [0.25, 0.3) is 5.56 Å². The minimum Gasteiger partial charge on any atom is -0.302 e. The van der Waals surface area contributed by atoms with Gasteiger partial charge in [0.15, 0.2) is 0 Å². The Morgan fingerprint density at radius 2 is 1.81 bits per heavy atom. The lowest BCUT2D eigenvalue weighted by Crippen LogP contribution is -2.41. The average Bonchev–Trinajstić information content (AvgIpc) is 3.41. The normalized spacial score (nSPS) is 24.9. The Balaban J connectivity index is 1.26. The van der Waals surface area contributed by atoms with Crippen LogP contribution in [0.15, 0.2) is 16.9 Å². The molecule has 1 aliphatic carbocycles. The lowest BCUT2D eigenvalue weighted by Gasteiger charge is -2.32. The van der Waals surface area contributed by atoms with Crippen molar-refractivity contribution < 1.29 is 8.42 Å². The summed E-state index contributed by atoms with van der Waals surface area (Å²) in [6, 6.07) is 3.54. The van der Waals surface area contributed by atoms with Gasteiger partial charge in [0.05, 0.1) is 11.4 Å². The fourth-order valence-electron chi connectivity index (χ4n) is 4.02. The van der Waals surface area contributed by atoms with Crippen LogP contribution in [0.25, 0.3) is 0 Å². The Hall–Kier alpha value is -1.25. The van der Waals surface area contributed by atoms with E-state index in [-0.39, 0.29) is 5.56 Å². The zero-order chi connectivity index (χ0) is 18.1. The van der Waals surface area contributed by atoms with Gasteiger partial charge >= 0.3 is 0 Å². The molecule has 0 spiro atoms. The van der Waals surface area contributed by atoms with Gasteiger partial charge in [0.1, 0.15) is 0 Å². The van der Waals surface area contributed by atoms with E-state index in [4.69, 9.17) is 0 Å². The number of rotatable bonds is 6. The molecule has 0 amide bonds. The van der Waals surface area contributed by atoms with E-state index in [1.807, 2.05) is 6.07 Å². The van der Waals surface area contributed by atoms with Crippen LogP contribution in [0.2, 0.25) is 0 Å².